The molecule has 1 aliphatic carbocycles. The van der Waals surface area contributed by atoms with E-state index in [9.17, 15) is 0 Å². The summed E-state index contributed by atoms with van der Waals surface area (Å²) >= 11 is 0. The summed E-state index contributed by atoms with van der Waals surface area (Å²) in [7, 11) is 0. The van der Waals surface area contributed by atoms with Gasteiger partial charge in [-0.3, -0.25) is 4.90 Å². The minimum Gasteiger partial charge on any atom is -0.312 e. The minimum atomic E-state index is 0.637. The fourth-order valence-electron chi connectivity index (χ4n) is 3.14. The Labute approximate surface area is 104 Å². The van der Waals surface area contributed by atoms with Crippen molar-refractivity contribution in [3.63, 3.8) is 0 Å². The third kappa shape index (κ3) is 2.53. The molecule has 1 fully saturated rings. The highest BCUT2D eigenvalue weighted by Gasteiger charge is 2.16. The molecule has 1 aliphatic heterocycles. The number of nitrogens with one attached hydrogen (secondary N) is 1. The van der Waals surface area contributed by atoms with Crippen molar-refractivity contribution in [1.29, 1.82) is 0 Å². The van der Waals surface area contributed by atoms with Crippen LogP contribution in [0, 0.1) is 0 Å². The van der Waals surface area contributed by atoms with Gasteiger partial charge in [0.2, 0.25) is 0 Å². The lowest BCUT2D eigenvalue weighted by Gasteiger charge is -2.31. The van der Waals surface area contributed by atoms with Crippen LogP contribution >= 0.6 is 0 Å². The van der Waals surface area contributed by atoms with Crippen molar-refractivity contribution in [1.82, 2.24) is 10.2 Å². The number of rotatable bonds is 2. The molecule has 1 heterocycles. The number of aryl methyl sites for hydroxylation is 2. The first kappa shape index (κ1) is 11.2. The quantitative estimate of drug-likeness (QED) is 0.835. The number of hydrogen-bond donors (Lipinski definition) is 1. The highest BCUT2D eigenvalue weighted by atomic mass is 15.2. The van der Waals surface area contributed by atoms with Gasteiger partial charge in [0.25, 0.3) is 0 Å². The molecule has 1 saturated heterocycles. The first-order valence-electron chi connectivity index (χ1n) is 6.88. The summed E-state index contributed by atoms with van der Waals surface area (Å²) < 4.78 is 0. The fourth-order valence-corrected chi connectivity index (χ4v) is 3.14. The van der Waals surface area contributed by atoms with Crippen LogP contribution in [0.1, 0.15) is 30.0 Å². The minimum absolute atomic E-state index is 0.637. The molecule has 2 heteroatoms. The standard InChI is InChI=1S/C15H22N2/c1-12-10-17(8-7-16-12)11-13-5-6-14-3-2-4-15(14)9-13/h5-6,9,12,16H,2-4,7-8,10-11H2,1H3/t12-/m0/s1. The summed E-state index contributed by atoms with van der Waals surface area (Å²) in [6.07, 6.45) is 3.94. The van der Waals surface area contributed by atoms with Gasteiger partial charge in [0.05, 0.1) is 0 Å². The Morgan fingerprint density at radius 2 is 2.18 bits per heavy atom. The smallest absolute Gasteiger partial charge is 0.0235 e. The van der Waals surface area contributed by atoms with E-state index in [-0.39, 0.29) is 0 Å². The van der Waals surface area contributed by atoms with Crippen molar-refractivity contribution >= 4 is 0 Å². The van der Waals surface area contributed by atoms with E-state index in [1.807, 2.05) is 0 Å². The van der Waals surface area contributed by atoms with Crippen LogP contribution in [-0.4, -0.2) is 30.6 Å². The zero-order valence-corrected chi connectivity index (χ0v) is 10.7. The van der Waals surface area contributed by atoms with Gasteiger partial charge in [-0.15, -0.1) is 0 Å². The second kappa shape index (κ2) is 4.79. The van der Waals surface area contributed by atoms with Gasteiger partial charge in [-0.2, -0.15) is 0 Å². The zero-order valence-electron chi connectivity index (χ0n) is 10.7. The molecule has 0 saturated carbocycles. The monoisotopic (exact) mass is 230 g/mol. The third-order valence-electron chi connectivity index (χ3n) is 4.02. The van der Waals surface area contributed by atoms with E-state index in [1.165, 1.54) is 37.9 Å². The van der Waals surface area contributed by atoms with Gasteiger partial charge in [-0.05, 0) is 42.9 Å². The van der Waals surface area contributed by atoms with Crippen LogP contribution in [0.5, 0.6) is 0 Å². The molecule has 1 aromatic carbocycles. The molecule has 0 amide bonds. The Hall–Kier alpha value is -0.860. The van der Waals surface area contributed by atoms with Crippen molar-refractivity contribution < 1.29 is 0 Å². The van der Waals surface area contributed by atoms with Crippen molar-refractivity contribution in [3.8, 4) is 0 Å². The predicted octanol–water partition coefficient (Wildman–Crippen LogP) is 1.97. The maximum Gasteiger partial charge on any atom is 0.0235 e. The Morgan fingerprint density at radius 1 is 1.29 bits per heavy atom. The van der Waals surface area contributed by atoms with Crippen LogP contribution in [0.25, 0.3) is 0 Å². The van der Waals surface area contributed by atoms with Crippen molar-refractivity contribution in [2.24, 2.45) is 0 Å². The fraction of sp³-hybridized carbons (Fsp3) is 0.600. The number of nitrogens with zero attached hydrogens (tertiary/aromatic N) is 1. The van der Waals surface area contributed by atoms with Gasteiger partial charge in [-0.1, -0.05) is 18.2 Å². The lowest BCUT2D eigenvalue weighted by atomic mass is 10.1. The van der Waals surface area contributed by atoms with Gasteiger partial charge in [0.1, 0.15) is 0 Å². The number of hydrogen-bond acceptors (Lipinski definition) is 2. The third-order valence-corrected chi connectivity index (χ3v) is 4.02. The molecule has 2 nitrogen and oxygen atoms in total. The molecule has 0 spiro atoms. The summed E-state index contributed by atoms with van der Waals surface area (Å²) in [6.45, 7) is 6.89. The lowest BCUT2D eigenvalue weighted by molar-refractivity contribution is 0.199. The van der Waals surface area contributed by atoms with E-state index < -0.39 is 0 Å². The molecule has 0 unspecified atom stereocenters. The second-order valence-corrected chi connectivity index (χ2v) is 5.55. The topological polar surface area (TPSA) is 15.3 Å². The summed E-state index contributed by atoms with van der Waals surface area (Å²) in [5.41, 5.74) is 4.69. The predicted molar refractivity (Wildman–Crippen MR) is 71.2 cm³/mol. The zero-order chi connectivity index (χ0) is 11.7. The Morgan fingerprint density at radius 3 is 3.06 bits per heavy atom. The van der Waals surface area contributed by atoms with Crippen molar-refractivity contribution in [2.75, 3.05) is 19.6 Å². The maximum atomic E-state index is 3.50. The Kier molecular flexibility index (Phi) is 3.17. The van der Waals surface area contributed by atoms with Crippen LogP contribution in [0.3, 0.4) is 0 Å². The Bertz CT molecular complexity index is 400. The lowest BCUT2D eigenvalue weighted by Crippen LogP contribution is -2.48. The van der Waals surface area contributed by atoms with Gasteiger partial charge in [-0.25, -0.2) is 0 Å². The number of piperazine rings is 1. The van der Waals surface area contributed by atoms with E-state index in [2.05, 4.69) is 35.3 Å². The van der Waals surface area contributed by atoms with E-state index in [0.29, 0.717) is 6.04 Å². The largest absolute Gasteiger partial charge is 0.312 e. The molecule has 1 N–H and O–H groups in total. The van der Waals surface area contributed by atoms with Crippen LogP contribution < -0.4 is 5.32 Å². The molecule has 17 heavy (non-hydrogen) atoms. The normalized spacial score (nSPS) is 24.9. The molecule has 2 aliphatic rings. The van der Waals surface area contributed by atoms with Crippen LogP contribution in [0.2, 0.25) is 0 Å². The average molecular weight is 230 g/mol. The molecule has 1 atom stereocenters. The SMILES string of the molecule is C[C@H]1CN(Cc2ccc3c(c2)CCC3)CCN1. The van der Waals surface area contributed by atoms with E-state index in [1.54, 1.807) is 11.1 Å². The van der Waals surface area contributed by atoms with Gasteiger partial charge in [0.15, 0.2) is 0 Å². The van der Waals surface area contributed by atoms with Gasteiger partial charge >= 0.3 is 0 Å². The summed E-state index contributed by atoms with van der Waals surface area (Å²) in [6, 6.07) is 7.76. The van der Waals surface area contributed by atoms with Gasteiger partial charge < -0.3 is 5.32 Å². The van der Waals surface area contributed by atoms with E-state index in [4.69, 9.17) is 0 Å². The summed E-state index contributed by atoms with van der Waals surface area (Å²) in [4.78, 5) is 2.57. The summed E-state index contributed by atoms with van der Waals surface area (Å²) in [5.74, 6) is 0. The molecule has 1 aromatic rings. The van der Waals surface area contributed by atoms with Crippen LogP contribution in [0.4, 0.5) is 0 Å². The molecular weight excluding hydrogens is 208 g/mol. The molecule has 3 rings (SSSR count). The van der Waals surface area contributed by atoms with Crippen LogP contribution in [0.15, 0.2) is 18.2 Å². The highest BCUT2D eigenvalue weighted by molar-refractivity contribution is 5.35. The van der Waals surface area contributed by atoms with Gasteiger partial charge in [0, 0.05) is 32.2 Å². The molecule has 92 valence electrons. The average Bonchev–Trinajstić information content (AvgIpc) is 2.76. The highest BCUT2D eigenvalue weighted by Crippen LogP contribution is 2.23. The first-order valence-corrected chi connectivity index (χ1v) is 6.88. The molecule has 0 bridgehead atoms. The molecule has 0 radical (unpaired) electrons. The van der Waals surface area contributed by atoms with E-state index >= 15 is 0 Å². The summed E-state index contributed by atoms with van der Waals surface area (Å²) in [5, 5.41) is 3.50. The number of fused-ring (bicyclic) bond motifs is 1. The van der Waals surface area contributed by atoms with Crippen molar-refractivity contribution in [3.05, 3.63) is 34.9 Å². The molecule has 0 aromatic heterocycles. The van der Waals surface area contributed by atoms with Crippen molar-refractivity contribution in [2.45, 2.75) is 38.8 Å². The van der Waals surface area contributed by atoms with Crippen LogP contribution in [-0.2, 0) is 19.4 Å². The molecular formula is C15H22N2. The maximum absolute atomic E-state index is 3.50. The van der Waals surface area contributed by atoms with E-state index in [0.717, 1.165) is 13.1 Å². The second-order valence-electron chi connectivity index (χ2n) is 5.55. The first-order chi connectivity index (χ1) is 8.31. The Balaban J connectivity index is 1.68. The number of benzene rings is 1.